The fourth-order valence-electron chi connectivity index (χ4n) is 2.83. The standard InChI is InChI=1S/C21H22N2O4S/c1-3-23(18-7-4-6-16(2)14-18)21(24)17-9-11-20(12-10-17)28(25,26)22-15-19-8-5-13-27-19/h4-14,22H,3,15H2,1-2H3. The van der Waals surface area contributed by atoms with E-state index >= 15 is 0 Å². The van der Waals surface area contributed by atoms with E-state index in [1.54, 1.807) is 17.0 Å². The second kappa shape index (κ2) is 8.41. The number of nitrogens with one attached hydrogen (secondary N) is 1. The molecule has 0 radical (unpaired) electrons. The van der Waals surface area contributed by atoms with Gasteiger partial charge in [0.05, 0.1) is 17.7 Å². The highest BCUT2D eigenvalue weighted by Gasteiger charge is 2.19. The lowest BCUT2D eigenvalue weighted by Crippen LogP contribution is -2.30. The first-order chi connectivity index (χ1) is 13.4. The minimum Gasteiger partial charge on any atom is -0.468 e. The molecule has 0 bridgehead atoms. The van der Waals surface area contributed by atoms with Crippen molar-refractivity contribution in [3.05, 3.63) is 83.8 Å². The Morgan fingerprint density at radius 3 is 2.43 bits per heavy atom. The van der Waals surface area contributed by atoms with E-state index in [-0.39, 0.29) is 17.3 Å². The maximum atomic E-state index is 12.9. The molecule has 0 fully saturated rings. The average molecular weight is 398 g/mol. The lowest BCUT2D eigenvalue weighted by Gasteiger charge is -2.21. The maximum absolute atomic E-state index is 12.9. The van der Waals surface area contributed by atoms with E-state index in [9.17, 15) is 13.2 Å². The van der Waals surface area contributed by atoms with Gasteiger partial charge in [-0.15, -0.1) is 0 Å². The number of anilines is 1. The first kappa shape index (κ1) is 19.9. The van der Waals surface area contributed by atoms with E-state index in [1.807, 2.05) is 38.1 Å². The van der Waals surface area contributed by atoms with Crippen LogP contribution in [0, 0.1) is 6.92 Å². The normalized spacial score (nSPS) is 11.4. The molecule has 0 aliphatic rings. The molecule has 3 aromatic rings. The van der Waals surface area contributed by atoms with Gasteiger partial charge in [0.2, 0.25) is 10.0 Å². The summed E-state index contributed by atoms with van der Waals surface area (Å²) in [5.74, 6) is 0.340. The summed E-state index contributed by atoms with van der Waals surface area (Å²) in [4.78, 5) is 14.6. The van der Waals surface area contributed by atoms with Crippen LogP contribution in [0.15, 0.2) is 76.2 Å². The van der Waals surface area contributed by atoms with Gasteiger partial charge in [0.1, 0.15) is 5.76 Å². The predicted molar refractivity (Wildman–Crippen MR) is 108 cm³/mol. The van der Waals surface area contributed by atoms with Gasteiger partial charge in [-0.25, -0.2) is 13.1 Å². The Balaban J connectivity index is 1.76. The largest absolute Gasteiger partial charge is 0.468 e. The molecule has 6 nitrogen and oxygen atoms in total. The van der Waals surface area contributed by atoms with E-state index in [1.165, 1.54) is 30.5 Å². The van der Waals surface area contributed by atoms with Crippen LogP contribution < -0.4 is 9.62 Å². The van der Waals surface area contributed by atoms with Crippen molar-refractivity contribution < 1.29 is 17.6 Å². The second-order valence-corrected chi connectivity index (χ2v) is 8.08. The number of carbonyl (C=O) groups is 1. The van der Waals surface area contributed by atoms with E-state index in [0.717, 1.165) is 11.3 Å². The number of hydrogen-bond acceptors (Lipinski definition) is 4. The number of nitrogens with zero attached hydrogens (tertiary/aromatic N) is 1. The van der Waals surface area contributed by atoms with E-state index in [2.05, 4.69) is 4.72 Å². The Morgan fingerprint density at radius 2 is 1.82 bits per heavy atom. The van der Waals surface area contributed by atoms with Crippen molar-refractivity contribution in [2.45, 2.75) is 25.3 Å². The zero-order chi connectivity index (χ0) is 20.1. The molecule has 0 atom stereocenters. The summed E-state index contributed by atoms with van der Waals surface area (Å²) < 4.78 is 32.4. The molecule has 0 aliphatic carbocycles. The topological polar surface area (TPSA) is 79.6 Å². The van der Waals surface area contributed by atoms with Crippen molar-refractivity contribution in [1.29, 1.82) is 0 Å². The third-order valence-corrected chi connectivity index (χ3v) is 5.72. The molecule has 0 saturated heterocycles. The lowest BCUT2D eigenvalue weighted by atomic mass is 10.1. The molecule has 0 spiro atoms. The number of aryl methyl sites for hydroxylation is 1. The number of carbonyl (C=O) groups excluding carboxylic acids is 1. The van der Waals surface area contributed by atoms with Gasteiger partial charge in [-0.3, -0.25) is 4.79 Å². The number of benzene rings is 2. The smallest absolute Gasteiger partial charge is 0.258 e. The molecular weight excluding hydrogens is 376 g/mol. The molecule has 1 aromatic heterocycles. The summed E-state index contributed by atoms with van der Waals surface area (Å²) in [5, 5.41) is 0. The maximum Gasteiger partial charge on any atom is 0.258 e. The van der Waals surface area contributed by atoms with Gasteiger partial charge in [-0.2, -0.15) is 0 Å². The fourth-order valence-corrected chi connectivity index (χ4v) is 3.83. The summed E-state index contributed by atoms with van der Waals surface area (Å²) in [6.45, 7) is 4.44. The third kappa shape index (κ3) is 4.49. The quantitative estimate of drug-likeness (QED) is 0.658. The van der Waals surface area contributed by atoms with Crippen LogP contribution in [0.5, 0.6) is 0 Å². The second-order valence-electron chi connectivity index (χ2n) is 6.32. The summed E-state index contributed by atoms with van der Waals surface area (Å²) in [6.07, 6.45) is 1.48. The minimum atomic E-state index is -3.70. The van der Waals surface area contributed by atoms with Crippen molar-refractivity contribution in [3.8, 4) is 0 Å². The van der Waals surface area contributed by atoms with Crippen LogP contribution in [0.3, 0.4) is 0 Å². The SMILES string of the molecule is CCN(C(=O)c1ccc(S(=O)(=O)NCc2ccco2)cc1)c1cccc(C)c1. The third-order valence-electron chi connectivity index (χ3n) is 4.30. The van der Waals surface area contributed by atoms with Crippen LogP contribution >= 0.6 is 0 Å². The molecule has 28 heavy (non-hydrogen) atoms. The number of rotatable bonds is 7. The zero-order valence-electron chi connectivity index (χ0n) is 15.8. The van der Waals surface area contributed by atoms with Gasteiger partial charge in [0.25, 0.3) is 5.91 Å². The van der Waals surface area contributed by atoms with E-state index < -0.39 is 10.0 Å². The number of amides is 1. The van der Waals surface area contributed by atoms with Crippen LogP contribution in [-0.2, 0) is 16.6 Å². The highest BCUT2D eigenvalue weighted by atomic mass is 32.2. The van der Waals surface area contributed by atoms with Gasteiger partial charge >= 0.3 is 0 Å². The average Bonchev–Trinajstić information content (AvgIpc) is 3.21. The fraction of sp³-hybridized carbons (Fsp3) is 0.190. The summed E-state index contributed by atoms with van der Waals surface area (Å²) in [7, 11) is -3.70. The molecule has 1 heterocycles. The summed E-state index contributed by atoms with van der Waals surface area (Å²) in [6, 6.07) is 17.0. The molecule has 7 heteroatoms. The van der Waals surface area contributed by atoms with Gasteiger partial charge in [-0.1, -0.05) is 12.1 Å². The highest BCUT2D eigenvalue weighted by molar-refractivity contribution is 7.89. The van der Waals surface area contributed by atoms with Crippen LogP contribution in [0.4, 0.5) is 5.69 Å². The lowest BCUT2D eigenvalue weighted by molar-refractivity contribution is 0.0988. The summed E-state index contributed by atoms with van der Waals surface area (Å²) >= 11 is 0. The molecule has 1 N–H and O–H groups in total. The monoisotopic (exact) mass is 398 g/mol. The van der Waals surface area contributed by atoms with E-state index in [4.69, 9.17) is 4.42 Å². The highest BCUT2D eigenvalue weighted by Crippen LogP contribution is 2.20. The first-order valence-corrected chi connectivity index (χ1v) is 10.4. The van der Waals surface area contributed by atoms with Crippen molar-refractivity contribution >= 4 is 21.6 Å². The van der Waals surface area contributed by atoms with Crippen molar-refractivity contribution in [2.75, 3.05) is 11.4 Å². The summed E-state index contributed by atoms with van der Waals surface area (Å²) in [5.41, 5.74) is 2.30. The molecule has 0 unspecified atom stereocenters. The van der Waals surface area contributed by atoms with Crippen molar-refractivity contribution in [3.63, 3.8) is 0 Å². The minimum absolute atomic E-state index is 0.0625. The van der Waals surface area contributed by atoms with Crippen LogP contribution in [-0.4, -0.2) is 20.9 Å². The van der Waals surface area contributed by atoms with Crippen LogP contribution in [0.2, 0.25) is 0 Å². The molecule has 0 saturated carbocycles. The Morgan fingerprint density at radius 1 is 1.07 bits per heavy atom. The zero-order valence-corrected chi connectivity index (χ0v) is 16.6. The Labute approximate surface area is 164 Å². The van der Waals surface area contributed by atoms with E-state index in [0.29, 0.717) is 17.9 Å². The molecule has 0 aliphatic heterocycles. The van der Waals surface area contributed by atoms with Gasteiger partial charge in [0, 0.05) is 17.8 Å². The molecular formula is C21H22N2O4S. The first-order valence-electron chi connectivity index (χ1n) is 8.91. The Bertz CT molecular complexity index is 1040. The molecule has 3 rings (SSSR count). The van der Waals surface area contributed by atoms with Gasteiger partial charge in [-0.05, 0) is 67.9 Å². The van der Waals surface area contributed by atoms with Gasteiger partial charge < -0.3 is 9.32 Å². The van der Waals surface area contributed by atoms with Gasteiger partial charge in [0.15, 0.2) is 0 Å². The van der Waals surface area contributed by atoms with Crippen molar-refractivity contribution in [2.24, 2.45) is 0 Å². The van der Waals surface area contributed by atoms with Crippen LogP contribution in [0.25, 0.3) is 0 Å². The van der Waals surface area contributed by atoms with Crippen LogP contribution in [0.1, 0.15) is 28.6 Å². The van der Waals surface area contributed by atoms with Crippen molar-refractivity contribution in [1.82, 2.24) is 4.72 Å². The number of sulfonamides is 1. The predicted octanol–water partition coefficient (Wildman–Crippen LogP) is 3.73. The number of furan rings is 1. The Hall–Kier alpha value is -2.90. The molecule has 1 amide bonds. The molecule has 2 aromatic carbocycles. The Kier molecular flexibility index (Phi) is 5.96. The number of hydrogen-bond donors (Lipinski definition) is 1. The molecule has 146 valence electrons.